The van der Waals surface area contributed by atoms with Crippen molar-refractivity contribution in [2.75, 3.05) is 12.9 Å². The Kier molecular flexibility index (Phi) is 5.84. The molecule has 0 saturated carbocycles. The maximum atomic E-state index is 13.5. The van der Waals surface area contributed by atoms with E-state index in [0.717, 1.165) is 11.8 Å². The van der Waals surface area contributed by atoms with Gasteiger partial charge in [-0.25, -0.2) is 13.1 Å². The number of aromatic nitrogens is 2. The van der Waals surface area contributed by atoms with Crippen molar-refractivity contribution in [3.8, 4) is 5.88 Å². The van der Waals surface area contributed by atoms with Crippen molar-refractivity contribution in [2.45, 2.75) is 24.8 Å². The van der Waals surface area contributed by atoms with E-state index in [1.807, 2.05) is 30.3 Å². The first-order chi connectivity index (χ1) is 15.3. The Morgan fingerprint density at radius 1 is 1.16 bits per heavy atom. The van der Waals surface area contributed by atoms with Gasteiger partial charge in [0.2, 0.25) is 5.88 Å². The van der Waals surface area contributed by atoms with Crippen LogP contribution < -0.4 is 4.74 Å². The Bertz CT molecular complexity index is 1310. The van der Waals surface area contributed by atoms with Crippen LogP contribution in [-0.4, -0.2) is 42.6 Å². The Hall–Kier alpha value is -3.46. The molecule has 0 spiro atoms. The lowest BCUT2D eigenvalue weighted by atomic mass is 9.93. The molecule has 1 aliphatic heterocycles. The largest absolute Gasteiger partial charge is 0.472 e. The number of ketones is 1. The van der Waals surface area contributed by atoms with Crippen LogP contribution in [0.5, 0.6) is 5.88 Å². The van der Waals surface area contributed by atoms with E-state index in [9.17, 15) is 13.2 Å². The van der Waals surface area contributed by atoms with Gasteiger partial charge in [-0.05, 0) is 30.2 Å². The first-order valence-electron chi connectivity index (χ1n) is 10.0. The van der Waals surface area contributed by atoms with Crippen molar-refractivity contribution >= 4 is 21.3 Å². The quantitative estimate of drug-likeness (QED) is 0.510. The molecule has 32 heavy (non-hydrogen) atoms. The highest BCUT2D eigenvalue weighted by Gasteiger charge is 2.28. The van der Waals surface area contributed by atoms with Gasteiger partial charge in [0.1, 0.15) is 18.8 Å². The van der Waals surface area contributed by atoms with Crippen molar-refractivity contribution in [2.24, 2.45) is 12.2 Å². The third-order valence-corrected chi connectivity index (χ3v) is 6.45. The molecule has 0 amide bonds. The molecule has 1 aliphatic rings. The third-order valence-electron chi connectivity index (χ3n) is 5.31. The number of aryl methyl sites for hydroxylation is 1. The Morgan fingerprint density at radius 2 is 1.91 bits per heavy atom. The van der Waals surface area contributed by atoms with Gasteiger partial charge >= 0.3 is 0 Å². The number of hydrogen-bond donors (Lipinski definition) is 0. The Balaban J connectivity index is 1.74. The summed E-state index contributed by atoms with van der Waals surface area (Å²) in [5.41, 5.74) is 3.09. The van der Waals surface area contributed by atoms with Crippen LogP contribution in [0.25, 0.3) is 0 Å². The molecule has 0 atom stereocenters. The van der Waals surface area contributed by atoms with Crippen LogP contribution in [0, 0.1) is 6.92 Å². The summed E-state index contributed by atoms with van der Waals surface area (Å²) in [7, 11) is -1.83. The zero-order valence-electron chi connectivity index (χ0n) is 18.0. The second kappa shape index (κ2) is 8.58. The minimum atomic E-state index is -3.53. The minimum Gasteiger partial charge on any atom is -0.472 e. The monoisotopic (exact) mass is 453 g/mol. The van der Waals surface area contributed by atoms with Crippen LogP contribution in [0.15, 0.2) is 58.7 Å². The SMILES string of the molecule is Cc1c(C(=O)c2cnn(C)c2OCc2ccccc2)ccc(S(C)(=O)=O)c1C1=NOCC1. The van der Waals surface area contributed by atoms with E-state index in [2.05, 4.69) is 10.3 Å². The molecule has 1 aromatic heterocycles. The standard InChI is InChI=1S/C23H23N3O5S/c1-15-17(9-10-20(32(3,28)29)21(15)19-11-12-31-25-19)22(27)18-13-24-26(2)23(18)30-14-16-7-5-4-6-8-16/h4-10,13H,11-12,14H2,1-3H3. The lowest BCUT2D eigenvalue weighted by Crippen LogP contribution is -2.15. The third kappa shape index (κ3) is 4.16. The number of oxime groups is 1. The van der Waals surface area contributed by atoms with E-state index < -0.39 is 9.84 Å². The second-order valence-electron chi connectivity index (χ2n) is 7.60. The van der Waals surface area contributed by atoms with E-state index in [1.165, 1.54) is 23.0 Å². The zero-order chi connectivity index (χ0) is 22.9. The number of carbonyl (C=O) groups excluding carboxylic acids is 1. The second-order valence-corrected chi connectivity index (χ2v) is 9.58. The maximum absolute atomic E-state index is 13.5. The summed E-state index contributed by atoms with van der Waals surface area (Å²) < 4.78 is 32.2. The summed E-state index contributed by atoms with van der Waals surface area (Å²) in [5, 5.41) is 8.19. The molecule has 0 fully saturated rings. The molecule has 0 N–H and O–H groups in total. The van der Waals surface area contributed by atoms with Crippen molar-refractivity contribution in [3.05, 3.63) is 76.5 Å². The highest BCUT2D eigenvalue weighted by molar-refractivity contribution is 7.90. The fraction of sp³-hybridized carbons (Fsp3) is 0.261. The summed E-state index contributed by atoms with van der Waals surface area (Å²) in [6, 6.07) is 12.6. The predicted octanol–water partition coefficient (Wildman–Crippen LogP) is 3.07. The van der Waals surface area contributed by atoms with Crippen LogP contribution >= 0.6 is 0 Å². The fourth-order valence-electron chi connectivity index (χ4n) is 3.71. The Morgan fingerprint density at radius 3 is 2.56 bits per heavy atom. The van der Waals surface area contributed by atoms with E-state index >= 15 is 0 Å². The number of sulfone groups is 1. The zero-order valence-corrected chi connectivity index (χ0v) is 18.8. The molecule has 3 aromatic rings. The van der Waals surface area contributed by atoms with E-state index in [-0.39, 0.29) is 17.3 Å². The summed E-state index contributed by atoms with van der Waals surface area (Å²) in [6.07, 6.45) is 3.07. The summed E-state index contributed by atoms with van der Waals surface area (Å²) in [4.78, 5) is 18.7. The van der Waals surface area contributed by atoms with E-state index in [4.69, 9.17) is 9.57 Å². The van der Waals surface area contributed by atoms with Crippen molar-refractivity contribution < 1.29 is 22.8 Å². The van der Waals surface area contributed by atoms with Crippen LogP contribution in [0.1, 0.15) is 39.0 Å². The van der Waals surface area contributed by atoms with Gasteiger partial charge in [0.15, 0.2) is 15.6 Å². The molecule has 0 radical (unpaired) electrons. The molecule has 8 nitrogen and oxygen atoms in total. The van der Waals surface area contributed by atoms with Gasteiger partial charge in [-0.2, -0.15) is 5.10 Å². The smallest absolute Gasteiger partial charge is 0.223 e. The number of carbonyl (C=O) groups is 1. The summed E-state index contributed by atoms with van der Waals surface area (Å²) in [5.74, 6) is 0.0352. The minimum absolute atomic E-state index is 0.127. The molecule has 4 rings (SSSR count). The molecular weight excluding hydrogens is 430 g/mol. The average molecular weight is 454 g/mol. The molecule has 0 unspecified atom stereocenters. The van der Waals surface area contributed by atoms with Gasteiger partial charge < -0.3 is 9.57 Å². The van der Waals surface area contributed by atoms with E-state index in [1.54, 1.807) is 14.0 Å². The molecule has 0 bridgehead atoms. The highest BCUT2D eigenvalue weighted by atomic mass is 32.2. The molecule has 2 aromatic carbocycles. The van der Waals surface area contributed by atoms with Crippen LogP contribution in [-0.2, 0) is 28.3 Å². The topological polar surface area (TPSA) is 99.9 Å². The lowest BCUT2D eigenvalue weighted by Gasteiger charge is -2.15. The number of nitrogens with zero attached hydrogens (tertiary/aromatic N) is 3. The first kappa shape index (κ1) is 21.8. The average Bonchev–Trinajstić information content (AvgIpc) is 3.41. The number of benzene rings is 2. The van der Waals surface area contributed by atoms with Crippen molar-refractivity contribution in [3.63, 3.8) is 0 Å². The van der Waals surface area contributed by atoms with Gasteiger partial charge in [0, 0.05) is 30.9 Å². The van der Waals surface area contributed by atoms with Crippen LogP contribution in [0.4, 0.5) is 0 Å². The van der Waals surface area contributed by atoms with Crippen molar-refractivity contribution in [1.82, 2.24) is 9.78 Å². The molecule has 166 valence electrons. The summed E-state index contributed by atoms with van der Waals surface area (Å²) in [6.45, 7) is 2.38. The lowest BCUT2D eigenvalue weighted by molar-refractivity contribution is 0.103. The molecule has 9 heteroatoms. The van der Waals surface area contributed by atoms with Crippen molar-refractivity contribution in [1.29, 1.82) is 0 Å². The number of ether oxygens (including phenoxy) is 1. The summed E-state index contributed by atoms with van der Waals surface area (Å²) >= 11 is 0. The van der Waals surface area contributed by atoms with Gasteiger partial charge in [-0.1, -0.05) is 35.5 Å². The highest BCUT2D eigenvalue weighted by Crippen LogP contribution is 2.30. The fourth-order valence-corrected chi connectivity index (χ4v) is 4.66. The molecule has 2 heterocycles. The first-order valence-corrected chi connectivity index (χ1v) is 11.9. The molecule has 0 saturated heterocycles. The van der Waals surface area contributed by atoms with Gasteiger partial charge in [-0.3, -0.25) is 4.79 Å². The van der Waals surface area contributed by atoms with Gasteiger partial charge in [-0.15, -0.1) is 0 Å². The normalized spacial score (nSPS) is 13.5. The molecular formula is C23H23N3O5S. The number of rotatable bonds is 7. The predicted molar refractivity (Wildman–Crippen MR) is 119 cm³/mol. The Labute approximate surface area is 186 Å². The maximum Gasteiger partial charge on any atom is 0.223 e. The van der Waals surface area contributed by atoms with Crippen LogP contribution in [0.3, 0.4) is 0 Å². The van der Waals surface area contributed by atoms with Crippen LogP contribution in [0.2, 0.25) is 0 Å². The number of hydrogen-bond acceptors (Lipinski definition) is 7. The van der Waals surface area contributed by atoms with Gasteiger partial charge in [0.05, 0.1) is 16.8 Å². The van der Waals surface area contributed by atoms with Gasteiger partial charge in [0.25, 0.3) is 0 Å². The van der Waals surface area contributed by atoms with E-state index in [0.29, 0.717) is 46.9 Å². The molecule has 0 aliphatic carbocycles.